The van der Waals surface area contributed by atoms with Crippen molar-refractivity contribution in [2.75, 3.05) is 11.9 Å². The van der Waals surface area contributed by atoms with Crippen LogP contribution in [-0.2, 0) is 11.2 Å². The van der Waals surface area contributed by atoms with Crippen molar-refractivity contribution < 1.29 is 13.6 Å². The fraction of sp³-hybridized carbons (Fsp3) is 0.250. The Morgan fingerprint density at radius 2 is 2.11 bits per heavy atom. The second-order valence-corrected chi connectivity index (χ2v) is 6.90. The molecular formula is C20H18F2N4O2. The zero-order chi connectivity index (χ0) is 20.0. The summed E-state index contributed by atoms with van der Waals surface area (Å²) in [5.74, 6) is -1.82. The minimum atomic E-state index is -0.716. The summed E-state index contributed by atoms with van der Waals surface area (Å²) in [4.78, 5) is 32.1. The van der Waals surface area contributed by atoms with Crippen molar-refractivity contribution in [3.05, 3.63) is 68.8 Å². The first-order valence-electron chi connectivity index (χ1n) is 8.84. The van der Waals surface area contributed by atoms with Crippen LogP contribution in [0, 0.1) is 25.5 Å². The molecule has 0 saturated heterocycles. The van der Waals surface area contributed by atoms with Crippen LogP contribution in [0.15, 0.2) is 29.2 Å². The number of aryl methyl sites for hydroxylation is 2. The second-order valence-electron chi connectivity index (χ2n) is 6.90. The predicted molar refractivity (Wildman–Crippen MR) is 101 cm³/mol. The van der Waals surface area contributed by atoms with E-state index in [-0.39, 0.29) is 24.1 Å². The van der Waals surface area contributed by atoms with Gasteiger partial charge in [-0.25, -0.2) is 8.78 Å². The number of benzene rings is 1. The lowest BCUT2D eigenvalue weighted by Crippen LogP contribution is -2.33. The minimum absolute atomic E-state index is 0.153. The van der Waals surface area contributed by atoms with Gasteiger partial charge < -0.3 is 15.6 Å². The number of nitrogens with zero attached hydrogens (tertiary/aromatic N) is 1. The average molecular weight is 384 g/mol. The molecule has 4 rings (SSSR count). The molecule has 1 aliphatic heterocycles. The number of fused-ring (bicyclic) bond motifs is 2. The number of aromatic nitrogens is 2. The van der Waals surface area contributed by atoms with Crippen LogP contribution in [-0.4, -0.2) is 22.4 Å². The Morgan fingerprint density at radius 1 is 1.32 bits per heavy atom. The molecule has 8 heteroatoms. The van der Waals surface area contributed by atoms with E-state index in [1.165, 1.54) is 6.07 Å². The molecule has 0 fully saturated rings. The molecule has 3 N–H and O–H groups in total. The SMILES string of the molecule is Cc1nccc2[nH]c(=O)c(CC(=O)N[C@H]3CNc4cc(F)cc(F)c43)c(C)c12. The molecule has 3 heterocycles. The molecule has 0 radical (unpaired) electrons. The standard InChI is InChI=1S/C20H18F2N4O2/c1-9-12(20(28)26-14-3-4-23-10(2)18(9)14)7-17(27)25-16-8-24-15-6-11(21)5-13(22)19(15)16/h3-6,16,24H,7-8H2,1-2H3,(H,25,27)(H,26,28)/t16-/m0/s1. The van der Waals surface area contributed by atoms with E-state index in [0.29, 0.717) is 22.3 Å². The van der Waals surface area contributed by atoms with Gasteiger partial charge in [0.05, 0.1) is 18.0 Å². The number of aromatic amines is 1. The summed E-state index contributed by atoms with van der Waals surface area (Å²) < 4.78 is 27.5. The third kappa shape index (κ3) is 3.00. The molecule has 0 bridgehead atoms. The van der Waals surface area contributed by atoms with Gasteiger partial charge in [0.25, 0.3) is 5.56 Å². The number of nitrogens with one attached hydrogen (secondary N) is 3. The lowest BCUT2D eigenvalue weighted by atomic mass is 10.0. The summed E-state index contributed by atoms with van der Waals surface area (Å²) in [6, 6.07) is 3.06. The van der Waals surface area contributed by atoms with Crippen molar-refractivity contribution in [2.24, 2.45) is 0 Å². The monoisotopic (exact) mass is 384 g/mol. The molecule has 6 nitrogen and oxygen atoms in total. The number of hydrogen-bond donors (Lipinski definition) is 3. The highest BCUT2D eigenvalue weighted by Crippen LogP contribution is 2.33. The molecule has 2 aromatic heterocycles. The van der Waals surface area contributed by atoms with Crippen molar-refractivity contribution >= 4 is 22.5 Å². The number of carbonyl (C=O) groups is 1. The third-order valence-electron chi connectivity index (χ3n) is 5.10. The van der Waals surface area contributed by atoms with Gasteiger partial charge >= 0.3 is 0 Å². The Morgan fingerprint density at radius 3 is 2.89 bits per heavy atom. The first-order valence-corrected chi connectivity index (χ1v) is 8.84. The molecular weight excluding hydrogens is 366 g/mol. The zero-order valence-corrected chi connectivity index (χ0v) is 15.3. The van der Waals surface area contributed by atoms with Crippen LogP contribution in [0.3, 0.4) is 0 Å². The topological polar surface area (TPSA) is 86.9 Å². The summed E-state index contributed by atoms with van der Waals surface area (Å²) in [5.41, 5.74) is 2.65. The van der Waals surface area contributed by atoms with Gasteiger partial charge in [-0.2, -0.15) is 0 Å². The van der Waals surface area contributed by atoms with E-state index < -0.39 is 23.6 Å². The molecule has 1 atom stereocenters. The van der Waals surface area contributed by atoms with E-state index in [1.54, 1.807) is 19.2 Å². The number of H-pyrrole nitrogens is 1. The highest BCUT2D eigenvalue weighted by atomic mass is 19.1. The maximum atomic E-state index is 14.1. The van der Waals surface area contributed by atoms with Gasteiger partial charge in [0.15, 0.2) is 0 Å². The van der Waals surface area contributed by atoms with E-state index in [0.717, 1.165) is 17.1 Å². The Bertz CT molecular complexity index is 1170. The van der Waals surface area contributed by atoms with Crippen molar-refractivity contribution in [2.45, 2.75) is 26.3 Å². The van der Waals surface area contributed by atoms with Gasteiger partial charge in [-0.1, -0.05) is 0 Å². The fourth-order valence-corrected chi connectivity index (χ4v) is 3.80. The number of anilines is 1. The summed E-state index contributed by atoms with van der Waals surface area (Å²) >= 11 is 0. The molecule has 28 heavy (non-hydrogen) atoms. The molecule has 0 unspecified atom stereocenters. The third-order valence-corrected chi connectivity index (χ3v) is 5.10. The molecule has 0 saturated carbocycles. The van der Waals surface area contributed by atoms with Gasteiger partial charge in [-0.05, 0) is 31.5 Å². The Balaban J connectivity index is 1.61. The molecule has 3 aromatic rings. The van der Waals surface area contributed by atoms with Crippen molar-refractivity contribution in [1.82, 2.24) is 15.3 Å². The van der Waals surface area contributed by atoms with Gasteiger partial charge in [0.2, 0.25) is 5.91 Å². The normalized spacial score (nSPS) is 15.4. The molecule has 144 valence electrons. The van der Waals surface area contributed by atoms with Crippen LogP contribution in [0.5, 0.6) is 0 Å². The van der Waals surface area contributed by atoms with E-state index in [9.17, 15) is 18.4 Å². The average Bonchev–Trinajstić information content (AvgIpc) is 3.01. The lowest BCUT2D eigenvalue weighted by Gasteiger charge is -2.15. The maximum Gasteiger partial charge on any atom is 0.252 e. The van der Waals surface area contributed by atoms with Crippen LogP contribution in [0.2, 0.25) is 0 Å². The Labute approximate surface area is 159 Å². The van der Waals surface area contributed by atoms with E-state index >= 15 is 0 Å². The number of amides is 1. The van der Waals surface area contributed by atoms with E-state index in [2.05, 4.69) is 20.6 Å². The fourth-order valence-electron chi connectivity index (χ4n) is 3.80. The van der Waals surface area contributed by atoms with Crippen LogP contribution >= 0.6 is 0 Å². The van der Waals surface area contributed by atoms with Crippen LogP contribution in [0.1, 0.15) is 28.4 Å². The van der Waals surface area contributed by atoms with Gasteiger partial charge in [0, 0.05) is 46.7 Å². The van der Waals surface area contributed by atoms with Gasteiger partial charge in [-0.3, -0.25) is 14.6 Å². The molecule has 1 aromatic carbocycles. The quantitative estimate of drug-likeness (QED) is 0.648. The van der Waals surface area contributed by atoms with Crippen LogP contribution in [0.4, 0.5) is 14.5 Å². The summed E-state index contributed by atoms with van der Waals surface area (Å²) in [6.45, 7) is 3.86. The second kappa shape index (κ2) is 6.70. The lowest BCUT2D eigenvalue weighted by molar-refractivity contribution is -0.121. The van der Waals surface area contributed by atoms with Crippen molar-refractivity contribution in [1.29, 1.82) is 0 Å². The molecule has 1 amide bonds. The van der Waals surface area contributed by atoms with Crippen LogP contribution in [0.25, 0.3) is 10.9 Å². The van der Waals surface area contributed by atoms with E-state index in [1.807, 2.05) is 6.92 Å². The summed E-state index contributed by atoms with van der Waals surface area (Å²) in [7, 11) is 0. The Kier molecular flexibility index (Phi) is 4.33. The number of pyridine rings is 2. The van der Waals surface area contributed by atoms with Gasteiger partial charge in [0.1, 0.15) is 11.6 Å². The molecule has 1 aliphatic rings. The molecule has 0 aliphatic carbocycles. The summed E-state index contributed by atoms with van der Waals surface area (Å²) in [5, 5.41) is 6.42. The first kappa shape index (κ1) is 18.1. The molecule has 0 spiro atoms. The smallest absolute Gasteiger partial charge is 0.252 e. The number of carbonyl (C=O) groups excluding carboxylic acids is 1. The van der Waals surface area contributed by atoms with Crippen LogP contribution < -0.4 is 16.2 Å². The Hall–Kier alpha value is -3.29. The minimum Gasteiger partial charge on any atom is -0.382 e. The zero-order valence-electron chi connectivity index (χ0n) is 15.3. The van der Waals surface area contributed by atoms with E-state index in [4.69, 9.17) is 0 Å². The number of halogens is 2. The van der Waals surface area contributed by atoms with Crippen molar-refractivity contribution in [3.8, 4) is 0 Å². The number of rotatable bonds is 3. The maximum absolute atomic E-state index is 14.1. The van der Waals surface area contributed by atoms with Crippen molar-refractivity contribution in [3.63, 3.8) is 0 Å². The largest absolute Gasteiger partial charge is 0.382 e. The van der Waals surface area contributed by atoms with Gasteiger partial charge in [-0.15, -0.1) is 0 Å². The first-order chi connectivity index (χ1) is 13.3. The summed E-state index contributed by atoms with van der Waals surface area (Å²) in [6.07, 6.45) is 1.46. The highest BCUT2D eigenvalue weighted by molar-refractivity contribution is 5.87. The predicted octanol–water partition coefficient (Wildman–Crippen LogP) is 2.64. The number of hydrogen-bond acceptors (Lipinski definition) is 4. The highest BCUT2D eigenvalue weighted by Gasteiger charge is 2.28.